The number of para-hydroxylation sites is 2. The van der Waals surface area contributed by atoms with Gasteiger partial charge in [-0.15, -0.1) is 0 Å². The van der Waals surface area contributed by atoms with Crippen molar-refractivity contribution >= 4 is 34.1 Å². The van der Waals surface area contributed by atoms with Gasteiger partial charge in [0.1, 0.15) is 11.4 Å². The number of rotatable bonds is 5. The van der Waals surface area contributed by atoms with Crippen LogP contribution in [0.3, 0.4) is 0 Å². The summed E-state index contributed by atoms with van der Waals surface area (Å²) < 4.78 is 23.2. The zero-order valence-corrected chi connectivity index (χ0v) is 17.0. The van der Waals surface area contributed by atoms with Crippen LogP contribution >= 0.6 is 0 Å². The van der Waals surface area contributed by atoms with Crippen LogP contribution in [0, 0.1) is 0 Å². The van der Waals surface area contributed by atoms with Crippen molar-refractivity contribution in [3.8, 4) is 5.75 Å². The molecule has 7 heteroatoms. The number of benzene rings is 2. The van der Waals surface area contributed by atoms with Crippen LogP contribution in [-0.4, -0.2) is 29.7 Å². The molecule has 3 N–H and O–H groups in total. The Morgan fingerprint density at radius 1 is 1.16 bits per heavy atom. The molecule has 0 saturated heterocycles. The second kappa shape index (κ2) is 8.02. The normalized spacial score (nSPS) is 14.0. The first kappa shape index (κ1) is 16.8. The maximum atomic E-state index is 12.7. The van der Waals surface area contributed by atoms with Gasteiger partial charge in [0.15, 0.2) is 0 Å². The molecule has 0 radical (unpaired) electrons. The summed E-state index contributed by atoms with van der Waals surface area (Å²) in [7, 11) is 1.55. The van der Waals surface area contributed by atoms with E-state index in [1.165, 1.54) is 0 Å². The van der Waals surface area contributed by atoms with E-state index in [-0.39, 0.29) is 0 Å². The number of nitrogens with zero attached hydrogens (tertiary/aromatic N) is 2. The molecule has 2 aromatic carbocycles. The van der Waals surface area contributed by atoms with Crippen LogP contribution in [0.2, 0.25) is 0 Å². The SMILES string of the molecule is [2H]C([2H])(c1ccnc2[nH]ccc12)N1CCc2c(NC(=O)Nc3ccccc3OC)cccc21. The number of amides is 2. The van der Waals surface area contributed by atoms with Gasteiger partial charge in [-0.3, -0.25) is 0 Å². The monoisotopic (exact) mass is 415 g/mol. The number of fused-ring (bicyclic) bond motifs is 2. The Hall–Kier alpha value is -4.00. The molecule has 31 heavy (non-hydrogen) atoms. The predicted octanol–water partition coefficient (Wildman–Crippen LogP) is 4.78. The average molecular weight is 415 g/mol. The first-order valence-electron chi connectivity index (χ1n) is 11.0. The summed E-state index contributed by atoms with van der Waals surface area (Å²) >= 11 is 0. The van der Waals surface area contributed by atoms with Crippen molar-refractivity contribution in [3.63, 3.8) is 0 Å². The fourth-order valence-corrected chi connectivity index (χ4v) is 3.90. The maximum absolute atomic E-state index is 12.7. The standard InChI is InChI=1S/C24H23N5O2/c1-31-22-8-3-2-5-20(22)28-24(30)27-19-6-4-7-21-18(19)11-14-29(21)15-16-9-12-25-23-17(16)10-13-26-23/h2-10,12-13H,11,14-15H2,1H3,(H,25,26)(H2,27,28,30)/i15D2. The summed E-state index contributed by atoms with van der Waals surface area (Å²) in [6.07, 6.45) is 3.99. The Kier molecular flexibility index (Phi) is 4.34. The third kappa shape index (κ3) is 3.66. The topological polar surface area (TPSA) is 82.3 Å². The molecule has 3 heterocycles. The Morgan fingerprint density at radius 3 is 2.90 bits per heavy atom. The van der Waals surface area contributed by atoms with Crippen molar-refractivity contribution in [1.29, 1.82) is 0 Å². The number of aromatic nitrogens is 2. The van der Waals surface area contributed by atoms with Gasteiger partial charge in [-0.1, -0.05) is 18.2 Å². The van der Waals surface area contributed by atoms with Gasteiger partial charge in [0, 0.05) is 47.8 Å². The number of nitrogens with one attached hydrogen (secondary N) is 3. The van der Waals surface area contributed by atoms with Crippen LogP contribution in [0.5, 0.6) is 5.75 Å². The number of hydrogen-bond donors (Lipinski definition) is 3. The van der Waals surface area contributed by atoms with Gasteiger partial charge in [0.2, 0.25) is 0 Å². The molecule has 5 rings (SSSR count). The largest absolute Gasteiger partial charge is 0.495 e. The Balaban J connectivity index is 1.42. The molecule has 0 unspecified atom stereocenters. The number of hydrogen-bond acceptors (Lipinski definition) is 4. The van der Waals surface area contributed by atoms with Gasteiger partial charge in [-0.25, -0.2) is 9.78 Å². The van der Waals surface area contributed by atoms with E-state index in [0.717, 1.165) is 16.6 Å². The summed E-state index contributed by atoms with van der Waals surface area (Å²) in [5, 5.41) is 6.47. The minimum atomic E-state index is -1.76. The van der Waals surface area contributed by atoms with Crippen molar-refractivity contribution in [3.05, 3.63) is 78.1 Å². The number of methoxy groups -OCH3 is 1. The molecule has 0 saturated carbocycles. The van der Waals surface area contributed by atoms with Gasteiger partial charge in [0.25, 0.3) is 0 Å². The van der Waals surface area contributed by atoms with Crippen LogP contribution < -0.4 is 20.3 Å². The summed E-state index contributed by atoms with van der Waals surface area (Å²) in [5.41, 5.74) is 4.08. The first-order valence-corrected chi connectivity index (χ1v) is 10.0. The van der Waals surface area contributed by atoms with Gasteiger partial charge in [-0.05, 0) is 48.4 Å². The zero-order chi connectivity index (χ0) is 23.0. The van der Waals surface area contributed by atoms with E-state index >= 15 is 0 Å². The minimum Gasteiger partial charge on any atom is -0.495 e. The van der Waals surface area contributed by atoms with Crippen molar-refractivity contribution in [1.82, 2.24) is 9.97 Å². The molecule has 1 aliphatic heterocycles. The lowest BCUT2D eigenvalue weighted by atomic mass is 10.1. The molecular weight excluding hydrogens is 390 g/mol. The van der Waals surface area contributed by atoms with Gasteiger partial charge < -0.3 is 25.3 Å². The van der Waals surface area contributed by atoms with Crippen molar-refractivity contribution in [2.45, 2.75) is 12.9 Å². The number of carbonyl (C=O) groups excluding carboxylic acids is 1. The predicted molar refractivity (Wildman–Crippen MR) is 123 cm³/mol. The number of aromatic amines is 1. The molecule has 2 amide bonds. The van der Waals surface area contributed by atoms with E-state index in [1.807, 2.05) is 36.4 Å². The quantitative estimate of drug-likeness (QED) is 0.438. The van der Waals surface area contributed by atoms with Crippen molar-refractivity contribution in [2.24, 2.45) is 0 Å². The molecule has 156 valence electrons. The second-order valence-corrected chi connectivity index (χ2v) is 7.19. The Labute approximate surface area is 182 Å². The summed E-state index contributed by atoms with van der Waals surface area (Å²) in [6.45, 7) is -1.27. The van der Waals surface area contributed by atoms with Crippen molar-refractivity contribution in [2.75, 3.05) is 29.2 Å². The number of urea groups is 1. The molecule has 4 aromatic rings. The van der Waals surface area contributed by atoms with E-state index in [1.54, 1.807) is 42.6 Å². The molecule has 0 atom stereocenters. The van der Waals surface area contributed by atoms with Gasteiger partial charge in [0.05, 0.1) is 15.5 Å². The fraction of sp³-hybridized carbons (Fsp3) is 0.167. The summed E-state index contributed by atoms with van der Waals surface area (Å²) in [6, 6.07) is 15.9. The van der Waals surface area contributed by atoms with Crippen LogP contribution in [0.1, 0.15) is 13.9 Å². The van der Waals surface area contributed by atoms with E-state index in [9.17, 15) is 4.79 Å². The molecule has 0 fully saturated rings. The molecule has 0 aliphatic carbocycles. The highest BCUT2D eigenvalue weighted by Gasteiger charge is 2.23. The smallest absolute Gasteiger partial charge is 0.323 e. The van der Waals surface area contributed by atoms with Crippen molar-refractivity contribution < 1.29 is 12.3 Å². The fourth-order valence-electron chi connectivity index (χ4n) is 3.90. The number of H-pyrrole nitrogens is 1. The molecular formula is C24H23N5O2. The Bertz CT molecular complexity index is 1340. The highest BCUT2D eigenvalue weighted by Crippen LogP contribution is 2.35. The number of pyridine rings is 1. The van der Waals surface area contributed by atoms with Crippen LogP contribution in [0.25, 0.3) is 11.0 Å². The van der Waals surface area contributed by atoms with E-state index < -0.39 is 12.5 Å². The molecule has 1 aliphatic rings. The highest BCUT2D eigenvalue weighted by atomic mass is 16.5. The third-order valence-corrected chi connectivity index (χ3v) is 5.35. The van der Waals surface area contributed by atoms with E-state index in [0.29, 0.717) is 41.3 Å². The van der Waals surface area contributed by atoms with Crippen LogP contribution in [-0.2, 0) is 12.9 Å². The first-order chi connectivity index (χ1) is 16.0. The maximum Gasteiger partial charge on any atom is 0.323 e. The number of carbonyl (C=O) groups is 1. The highest BCUT2D eigenvalue weighted by molar-refractivity contribution is 6.01. The summed E-state index contributed by atoms with van der Waals surface area (Å²) in [5.74, 6) is 0.568. The summed E-state index contributed by atoms with van der Waals surface area (Å²) in [4.78, 5) is 21.8. The van der Waals surface area contributed by atoms with E-state index in [4.69, 9.17) is 7.48 Å². The van der Waals surface area contributed by atoms with Gasteiger partial charge in [-0.2, -0.15) is 0 Å². The lowest BCUT2D eigenvalue weighted by Crippen LogP contribution is -2.20. The average Bonchev–Trinajstić information content (AvgIpc) is 3.47. The third-order valence-electron chi connectivity index (χ3n) is 5.35. The number of anilines is 3. The number of ether oxygens (including phenoxy) is 1. The minimum absolute atomic E-state index is 0.391. The molecule has 7 nitrogen and oxygen atoms in total. The lowest BCUT2D eigenvalue weighted by Gasteiger charge is -2.20. The van der Waals surface area contributed by atoms with Gasteiger partial charge >= 0.3 is 6.03 Å². The molecule has 0 spiro atoms. The Morgan fingerprint density at radius 2 is 2.00 bits per heavy atom. The lowest BCUT2D eigenvalue weighted by molar-refractivity contribution is 0.262. The zero-order valence-electron chi connectivity index (χ0n) is 19.0. The van der Waals surface area contributed by atoms with E-state index in [2.05, 4.69) is 20.6 Å². The second-order valence-electron chi connectivity index (χ2n) is 7.19. The van der Waals surface area contributed by atoms with Crippen LogP contribution in [0.4, 0.5) is 21.9 Å². The molecule has 0 bridgehead atoms. The van der Waals surface area contributed by atoms with Crippen LogP contribution in [0.15, 0.2) is 67.0 Å². The molecule has 2 aromatic heterocycles.